The molecule has 2 heterocycles. The SMILES string of the molecule is COC(=O)c1nnn2c1[C@H](O[Si](C)(C)C(C)(C)C)[C@@H](O[Si](C)(C)C(C)(C)C)[C@H](O)[C@H]2CO[Si](C)(C)C(C)(C)C. The third kappa shape index (κ3) is 6.95. The maximum Gasteiger partial charge on any atom is 0.360 e. The molecule has 0 aliphatic carbocycles. The van der Waals surface area contributed by atoms with Crippen molar-refractivity contribution < 1.29 is 27.9 Å². The Labute approximate surface area is 239 Å². The van der Waals surface area contributed by atoms with E-state index in [4.69, 9.17) is 18.0 Å². The monoisotopic (exact) mass is 601 g/mol. The lowest BCUT2D eigenvalue weighted by atomic mass is 9.93. The van der Waals surface area contributed by atoms with Crippen LogP contribution < -0.4 is 0 Å². The minimum absolute atomic E-state index is 0.0139. The summed E-state index contributed by atoms with van der Waals surface area (Å²) in [6, 6.07) is -0.603. The number of aliphatic hydroxyl groups excluding tert-OH is 1. The molecule has 0 saturated carbocycles. The van der Waals surface area contributed by atoms with Gasteiger partial charge < -0.3 is 23.1 Å². The summed E-state index contributed by atoms with van der Waals surface area (Å²) in [6.07, 6.45) is -2.47. The second-order valence-corrected chi connectivity index (χ2v) is 29.9. The number of fused-ring (bicyclic) bond motifs is 1. The zero-order valence-electron chi connectivity index (χ0n) is 27.3. The van der Waals surface area contributed by atoms with Crippen LogP contribution in [0.1, 0.15) is 90.6 Å². The zero-order valence-corrected chi connectivity index (χ0v) is 30.3. The van der Waals surface area contributed by atoms with Crippen molar-refractivity contribution in [2.24, 2.45) is 0 Å². The quantitative estimate of drug-likeness (QED) is 0.268. The fraction of sp³-hybridized carbons (Fsp3) is 0.889. The van der Waals surface area contributed by atoms with Crippen LogP contribution in [0.4, 0.5) is 0 Å². The molecule has 0 bridgehead atoms. The molecule has 1 aliphatic rings. The summed E-state index contributed by atoms with van der Waals surface area (Å²) in [5.41, 5.74) is 0.582. The molecular formula is C27H55N3O6Si3. The van der Waals surface area contributed by atoms with E-state index in [0.717, 1.165) is 0 Å². The van der Waals surface area contributed by atoms with Gasteiger partial charge in [0, 0.05) is 0 Å². The molecule has 0 amide bonds. The van der Waals surface area contributed by atoms with Crippen LogP contribution >= 0.6 is 0 Å². The number of nitrogens with zero attached hydrogens (tertiary/aromatic N) is 3. The minimum Gasteiger partial charge on any atom is -0.464 e. The Morgan fingerprint density at radius 1 is 0.846 bits per heavy atom. The number of methoxy groups -OCH3 is 1. The van der Waals surface area contributed by atoms with E-state index >= 15 is 0 Å². The number of ether oxygens (including phenoxy) is 1. The van der Waals surface area contributed by atoms with Crippen molar-refractivity contribution in [3.05, 3.63) is 11.4 Å². The van der Waals surface area contributed by atoms with Crippen molar-refractivity contribution in [1.82, 2.24) is 15.0 Å². The lowest BCUT2D eigenvalue weighted by Crippen LogP contribution is -2.57. The molecule has 0 aromatic carbocycles. The van der Waals surface area contributed by atoms with Gasteiger partial charge in [-0.15, -0.1) is 5.10 Å². The summed E-state index contributed by atoms with van der Waals surface area (Å²) in [6.45, 7) is 32.7. The van der Waals surface area contributed by atoms with Gasteiger partial charge in [0.15, 0.2) is 30.6 Å². The van der Waals surface area contributed by atoms with Crippen molar-refractivity contribution in [1.29, 1.82) is 0 Å². The van der Waals surface area contributed by atoms with E-state index in [2.05, 4.69) is 112 Å². The maximum atomic E-state index is 12.9. The Hall–Kier alpha value is -0.899. The van der Waals surface area contributed by atoms with Crippen LogP contribution in [0, 0.1) is 0 Å². The highest BCUT2D eigenvalue weighted by atomic mass is 28.4. The second-order valence-electron chi connectivity index (χ2n) is 15.5. The molecule has 1 aromatic heterocycles. The molecule has 1 N–H and O–H groups in total. The van der Waals surface area contributed by atoms with Gasteiger partial charge in [0.05, 0.1) is 13.7 Å². The Balaban J connectivity index is 2.77. The van der Waals surface area contributed by atoms with Crippen LogP contribution in [0.2, 0.25) is 54.4 Å². The van der Waals surface area contributed by atoms with Gasteiger partial charge in [-0.05, 0) is 54.4 Å². The highest BCUT2D eigenvalue weighted by molar-refractivity contribution is 6.75. The van der Waals surface area contributed by atoms with Crippen LogP contribution in [-0.4, -0.2) is 76.9 Å². The third-order valence-corrected chi connectivity index (χ3v) is 23.0. The van der Waals surface area contributed by atoms with Gasteiger partial charge in [-0.25, -0.2) is 9.48 Å². The lowest BCUT2D eigenvalue weighted by Gasteiger charge is -2.49. The Morgan fingerprint density at radius 3 is 1.74 bits per heavy atom. The molecule has 9 nitrogen and oxygen atoms in total. The fourth-order valence-electron chi connectivity index (χ4n) is 3.70. The molecule has 0 saturated heterocycles. The first-order valence-electron chi connectivity index (χ1n) is 14.0. The van der Waals surface area contributed by atoms with E-state index in [-0.39, 0.29) is 27.4 Å². The smallest absolute Gasteiger partial charge is 0.360 e. The van der Waals surface area contributed by atoms with Crippen LogP contribution in [0.25, 0.3) is 0 Å². The maximum absolute atomic E-state index is 12.9. The van der Waals surface area contributed by atoms with E-state index in [0.29, 0.717) is 5.69 Å². The van der Waals surface area contributed by atoms with Crippen LogP contribution in [0.5, 0.6) is 0 Å². The number of aromatic nitrogens is 3. The van der Waals surface area contributed by atoms with E-state index in [1.54, 1.807) is 4.68 Å². The Morgan fingerprint density at radius 2 is 1.31 bits per heavy atom. The molecule has 12 heteroatoms. The van der Waals surface area contributed by atoms with Crippen molar-refractivity contribution in [3.8, 4) is 0 Å². The number of aliphatic hydroxyl groups is 1. The fourth-order valence-corrected chi connectivity index (χ4v) is 7.25. The van der Waals surface area contributed by atoms with E-state index in [1.807, 2.05) is 0 Å². The van der Waals surface area contributed by atoms with Crippen LogP contribution in [-0.2, 0) is 18.0 Å². The molecule has 0 radical (unpaired) electrons. The predicted octanol–water partition coefficient (Wildman–Crippen LogP) is 6.46. The summed E-state index contributed by atoms with van der Waals surface area (Å²) < 4.78 is 27.3. The molecule has 4 atom stereocenters. The minimum atomic E-state index is -2.41. The molecule has 0 fully saturated rings. The van der Waals surface area contributed by atoms with Crippen molar-refractivity contribution >= 4 is 30.9 Å². The van der Waals surface area contributed by atoms with E-state index < -0.39 is 55.3 Å². The average Bonchev–Trinajstić information content (AvgIpc) is 3.17. The Bertz CT molecular complexity index is 1020. The summed E-state index contributed by atoms with van der Waals surface area (Å²) in [5.74, 6) is -0.591. The predicted molar refractivity (Wildman–Crippen MR) is 163 cm³/mol. The van der Waals surface area contributed by atoms with Gasteiger partial charge in [-0.1, -0.05) is 67.5 Å². The average molecular weight is 602 g/mol. The summed E-state index contributed by atoms with van der Waals surface area (Å²) in [5, 5.41) is 20.4. The first kappa shape index (κ1) is 34.3. The van der Waals surface area contributed by atoms with E-state index in [9.17, 15) is 9.90 Å². The number of hydrogen-bond donors (Lipinski definition) is 1. The van der Waals surface area contributed by atoms with Gasteiger partial charge in [0.25, 0.3) is 0 Å². The van der Waals surface area contributed by atoms with Gasteiger partial charge in [-0.2, -0.15) is 0 Å². The highest BCUT2D eigenvalue weighted by Crippen LogP contribution is 2.48. The van der Waals surface area contributed by atoms with Gasteiger partial charge in [0.2, 0.25) is 0 Å². The zero-order chi connectivity index (χ0) is 30.6. The summed E-state index contributed by atoms with van der Waals surface area (Å²) in [7, 11) is -5.63. The number of carbonyl (C=O) groups excluding carboxylic acids is 1. The van der Waals surface area contributed by atoms with Gasteiger partial charge >= 0.3 is 5.97 Å². The van der Waals surface area contributed by atoms with Crippen LogP contribution in [0.3, 0.4) is 0 Å². The van der Waals surface area contributed by atoms with Crippen molar-refractivity contribution in [2.75, 3.05) is 13.7 Å². The van der Waals surface area contributed by atoms with Gasteiger partial charge in [0.1, 0.15) is 30.0 Å². The molecule has 39 heavy (non-hydrogen) atoms. The van der Waals surface area contributed by atoms with E-state index in [1.165, 1.54) is 7.11 Å². The van der Waals surface area contributed by atoms with Crippen LogP contribution in [0.15, 0.2) is 0 Å². The number of carbonyl (C=O) groups is 1. The molecule has 1 aliphatic heterocycles. The summed E-state index contributed by atoms with van der Waals surface area (Å²) in [4.78, 5) is 12.9. The first-order valence-corrected chi connectivity index (χ1v) is 22.7. The third-order valence-electron chi connectivity index (χ3n) is 9.61. The van der Waals surface area contributed by atoms with Gasteiger partial charge in [-0.3, -0.25) is 0 Å². The number of esters is 1. The number of rotatable bonds is 8. The highest BCUT2D eigenvalue weighted by Gasteiger charge is 2.54. The topological polar surface area (TPSA) is 105 Å². The van der Waals surface area contributed by atoms with Crippen molar-refractivity contribution in [3.63, 3.8) is 0 Å². The molecule has 226 valence electrons. The molecule has 0 unspecified atom stereocenters. The molecular weight excluding hydrogens is 547 g/mol. The summed E-state index contributed by atoms with van der Waals surface area (Å²) >= 11 is 0. The lowest BCUT2D eigenvalue weighted by molar-refractivity contribution is -0.0978. The largest absolute Gasteiger partial charge is 0.464 e. The van der Waals surface area contributed by atoms with Crippen molar-refractivity contribution in [2.45, 2.75) is 141 Å². The normalized spacial score (nSPS) is 23.5. The first-order chi connectivity index (χ1) is 17.3. The second kappa shape index (κ2) is 11.1. The standard InChI is InChI=1S/C27H55N3O6Si3/c1-25(2,3)37(11,12)34-17-18-21(31)23(36-39(15,16)27(7,8)9)22(35-38(13,14)26(4,5)6)20-19(24(32)33-10)28-29-30(18)20/h18,21-23,31H,17H2,1-16H3/t18-,21-,22+,23+/m1/s1. The Kier molecular flexibility index (Phi) is 9.73. The molecule has 0 spiro atoms. The molecule has 1 aromatic rings. The number of hydrogen-bond acceptors (Lipinski definition) is 8. The molecule has 2 rings (SSSR count).